The highest BCUT2D eigenvalue weighted by molar-refractivity contribution is 6.30. The molecule has 7 heteroatoms. The van der Waals surface area contributed by atoms with Gasteiger partial charge in [-0.1, -0.05) is 11.6 Å². The van der Waals surface area contributed by atoms with Crippen LogP contribution in [0.4, 0.5) is 0 Å². The molecule has 2 aromatic carbocycles. The van der Waals surface area contributed by atoms with Crippen LogP contribution in [-0.4, -0.2) is 34.0 Å². The van der Waals surface area contributed by atoms with E-state index >= 15 is 0 Å². The van der Waals surface area contributed by atoms with Crippen molar-refractivity contribution in [2.24, 2.45) is 0 Å². The molecule has 0 N–H and O–H groups in total. The Morgan fingerprint density at radius 2 is 1.64 bits per heavy atom. The van der Waals surface area contributed by atoms with Gasteiger partial charge in [-0.2, -0.15) is 0 Å². The van der Waals surface area contributed by atoms with Crippen molar-refractivity contribution in [1.82, 2.24) is 15.0 Å². The number of rotatable bonds is 2. The van der Waals surface area contributed by atoms with Gasteiger partial charge in [-0.3, -0.25) is 4.79 Å². The van der Waals surface area contributed by atoms with Crippen LogP contribution < -0.4 is 0 Å². The first-order valence-corrected chi connectivity index (χ1v) is 6.72. The molecule has 3 rings (SSSR count). The summed E-state index contributed by atoms with van der Waals surface area (Å²) in [5, 5.41) is 8.75. The summed E-state index contributed by atoms with van der Waals surface area (Å²) in [7, 11) is 1.30. The number of esters is 1. The molecule has 1 aromatic heterocycles. The van der Waals surface area contributed by atoms with Crippen molar-refractivity contribution in [1.29, 1.82) is 0 Å². The molecule has 0 aliphatic heterocycles. The Balaban J connectivity index is 1.99. The molecule has 0 aliphatic carbocycles. The number of aromatic nitrogens is 3. The number of carbonyl (C=O) groups excluding carboxylic acids is 2. The van der Waals surface area contributed by atoms with E-state index in [4.69, 9.17) is 11.6 Å². The number of fused-ring (bicyclic) bond motifs is 1. The molecule has 0 fully saturated rings. The fourth-order valence-electron chi connectivity index (χ4n) is 1.96. The Labute approximate surface area is 130 Å². The SMILES string of the molecule is COC(=O)c1ccc2nn(C(=O)c3ccc(Cl)cc3)nc2c1. The number of hydrogen-bond donors (Lipinski definition) is 0. The zero-order chi connectivity index (χ0) is 15.7. The highest BCUT2D eigenvalue weighted by Gasteiger charge is 2.14. The largest absolute Gasteiger partial charge is 0.465 e. The van der Waals surface area contributed by atoms with Crippen LogP contribution in [0.3, 0.4) is 0 Å². The van der Waals surface area contributed by atoms with Gasteiger partial charge in [0, 0.05) is 10.6 Å². The smallest absolute Gasteiger partial charge is 0.337 e. The van der Waals surface area contributed by atoms with Gasteiger partial charge in [0.1, 0.15) is 11.0 Å². The third kappa shape index (κ3) is 2.56. The summed E-state index contributed by atoms with van der Waals surface area (Å²) in [6.07, 6.45) is 0. The van der Waals surface area contributed by atoms with E-state index in [0.717, 1.165) is 4.80 Å². The molecule has 0 saturated heterocycles. The molecule has 0 unspecified atom stereocenters. The lowest BCUT2D eigenvalue weighted by atomic mass is 10.2. The number of methoxy groups -OCH3 is 1. The van der Waals surface area contributed by atoms with E-state index in [0.29, 0.717) is 27.2 Å². The lowest BCUT2D eigenvalue weighted by Gasteiger charge is -1.98. The predicted octanol–water partition coefficient (Wildman–Crippen LogP) is 2.56. The number of nitrogens with zero attached hydrogens (tertiary/aromatic N) is 3. The number of carbonyl (C=O) groups is 2. The van der Waals surface area contributed by atoms with E-state index < -0.39 is 5.97 Å². The Kier molecular flexibility index (Phi) is 3.60. The summed E-state index contributed by atoms with van der Waals surface area (Å²) in [6, 6.07) is 11.1. The first-order chi connectivity index (χ1) is 10.6. The molecule has 0 bridgehead atoms. The average molecular weight is 316 g/mol. The number of benzene rings is 2. The molecule has 22 heavy (non-hydrogen) atoms. The van der Waals surface area contributed by atoms with Gasteiger partial charge in [0.25, 0.3) is 5.91 Å². The fourth-order valence-corrected chi connectivity index (χ4v) is 2.08. The molecule has 0 aliphatic rings. The third-order valence-electron chi connectivity index (χ3n) is 3.07. The minimum Gasteiger partial charge on any atom is -0.465 e. The van der Waals surface area contributed by atoms with Gasteiger partial charge in [0.05, 0.1) is 12.7 Å². The molecular weight excluding hydrogens is 306 g/mol. The zero-order valence-electron chi connectivity index (χ0n) is 11.5. The summed E-state index contributed by atoms with van der Waals surface area (Å²) in [4.78, 5) is 24.8. The van der Waals surface area contributed by atoms with Gasteiger partial charge < -0.3 is 4.74 Å². The maximum Gasteiger partial charge on any atom is 0.337 e. The second-order valence-corrected chi connectivity index (χ2v) is 4.93. The van der Waals surface area contributed by atoms with Crippen LogP contribution in [0.5, 0.6) is 0 Å². The number of halogens is 1. The van der Waals surface area contributed by atoms with E-state index in [1.165, 1.54) is 13.2 Å². The maximum absolute atomic E-state index is 12.3. The quantitative estimate of drug-likeness (QED) is 0.679. The van der Waals surface area contributed by atoms with Gasteiger partial charge in [0.15, 0.2) is 0 Å². The Bertz CT molecular complexity index is 871. The number of hydrogen-bond acceptors (Lipinski definition) is 5. The predicted molar refractivity (Wildman–Crippen MR) is 80.0 cm³/mol. The van der Waals surface area contributed by atoms with Crippen molar-refractivity contribution in [2.75, 3.05) is 7.11 Å². The van der Waals surface area contributed by atoms with Crippen LogP contribution in [-0.2, 0) is 4.74 Å². The summed E-state index contributed by atoms with van der Waals surface area (Å²) < 4.78 is 4.65. The van der Waals surface area contributed by atoms with Crippen LogP contribution in [0.1, 0.15) is 20.7 Å². The van der Waals surface area contributed by atoms with Gasteiger partial charge in [-0.05, 0) is 42.5 Å². The second kappa shape index (κ2) is 5.57. The molecule has 0 atom stereocenters. The van der Waals surface area contributed by atoms with Gasteiger partial charge in [-0.25, -0.2) is 4.79 Å². The van der Waals surface area contributed by atoms with Crippen molar-refractivity contribution < 1.29 is 14.3 Å². The summed E-state index contributed by atoms with van der Waals surface area (Å²) >= 11 is 5.79. The lowest BCUT2D eigenvalue weighted by Crippen LogP contribution is -2.15. The molecule has 0 radical (unpaired) electrons. The molecule has 0 saturated carbocycles. The minimum atomic E-state index is -0.472. The van der Waals surface area contributed by atoms with E-state index in [1.54, 1.807) is 36.4 Å². The van der Waals surface area contributed by atoms with E-state index in [9.17, 15) is 9.59 Å². The lowest BCUT2D eigenvalue weighted by molar-refractivity contribution is 0.0600. The molecule has 0 amide bonds. The Hall–Kier alpha value is -2.73. The summed E-state index contributed by atoms with van der Waals surface area (Å²) in [6.45, 7) is 0. The van der Waals surface area contributed by atoms with E-state index in [2.05, 4.69) is 14.9 Å². The van der Waals surface area contributed by atoms with Crippen molar-refractivity contribution >= 4 is 34.5 Å². The highest BCUT2D eigenvalue weighted by atomic mass is 35.5. The van der Waals surface area contributed by atoms with Crippen LogP contribution in [0.25, 0.3) is 11.0 Å². The Morgan fingerprint density at radius 1 is 1.00 bits per heavy atom. The normalized spacial score (nSPS) is 10.6. The molecule has 6 nitrogen and oxygen atoms in total. The number of ether oxygens (including phenoxy) is 1. The zero-order valence-corrected chi connectivity index (χ0v) is 12.2. The first-order valence-electron chi connectivity index (χ1n) is 6.34. The van der Waals surface area contributed by atoms with E-state index in [-0.39, 0.29) is 5.91 Å². The van der Waals surface area contributed by atoms with Crippen molar-refractivity contribution in [3.63, 3.8) is 0 Å². The monoisotopic (exact) mass is 315 g/mol. The van der Waals surface area contributed by atoms with Crippen molar-refractivity contribution in [2.45, 2.75) is 0 Å². The van der Waals surface area contributed by atoms with Crippen molar-refractivity contribution in [3.05, 3.63) is 58.6 Å². The average Bonchev–Trinajstić information content (AvgIpc) is 2.97. The minimum absolute atomic E-state index is 0.348. The maximum atomic E-state index is 12.3. The van der Waals surface area contributed by atoms with Crippen molar-refractivity contribution in [3.8, 4) is 0 Å². The topological polar surface area (TPSA) is 74.1 Å². The molecular formula is C15H10ClN3O3. The van der Waals surface area contributed by atoms with Crippen LogP contribution in [0, 0.1) is 0 Å². The highest BCUT2D eigenvalue weighted by Crippen LogP contribution is 2.14. The fraction of sp³-hybridized carbons (Fsp3) is 0.0667. The summed E-state index contributed by atoms with van der Waals surface area (Å²) in [5.74, 6) is -0.854. The van der Waals surface area contributed by atoms with Crippen LogP contribution in [0.2, 0.25) is 5.02 Å². The van der Waals surface area contributed by atoms with E-state index in [1.807, 2.05) is 0 Å². The van der Waals surface area contributed by atoms with Gasteiger partial charge in [-0.15, -0.1) is 15.0 Å². The molecule has 1 heterocycles. The Morgan fingerprint density at radius 3 is 2.32 bits per heavy atom. The van der Waals surface area contributed by atoms with Gasteiger partial charge in [0.2, 0.25) is 0 Å². The molecule has 110 valence electrons. The van der Waals surface area contributed by atoms with Crippen LogP contribution in [0.15, 0.2) is 42.5 Å². The molecule has 3 aromatic rings. The standard InChI is InChI=1S/C15H10ClN3O3/c1-22-15(21)10-4-7-12-13(8-10)18-19(17-12)14(20)9-2-5-11(16)6-3-9/h2-8H,1H3. The first kappa shape index (κ1) is 14.2. The third-order valence-corrected chi connectivity index (χ3v) is 3.33. The van der Waals surface area contributed by atoms with Crippen LogP contribution >= 0.6 is 11.6 Å². The van der Waals surface area contributed by atoms with Gasteiger partial charge >= 0.3 is 5.97 Å². The summed E-state index contributed by atoms with van der Waals surface area (Å²) in [5.41, 5.74) is 1.71. The molecule has 0 spiro atoms. The second-order valence-electron chi connectivity index (χ2n) is 4.50.